The predicted molar refractivity (Wildman–Crippen MR) is 176 cm³/mol. The summed E-state index contributed by atoms with van der Waals surface area (Å²) in [6, 6.07) is 8.77. The van der Waals surface area contributed by atoms with Gasteiger partial charge in [0.2, 0.25) is 5.95 Å². The zero-order chi connectivity index (χ0) is 32.6. The molecule has 0 amide bonds. The monoisotopic (exact) mass is 625 g/mol. The lowest BCUT2D eigenvalue weighted by Gasteiger charge is -2.46. The van der Waals surface area contributed by atoms with Gasteiger partial charge < -0.3 is 20.2 Å². The molecule has 3 fully saturated rings. The Morgan fingerprint density at radius 1 is 1.09 bits per heavy atom. The molecule has 1 aromatic carbocycles. The second-order valence-electron chi connectivity index (χ2n) is 13.8. The van der Waals surface area contributed by atoms with Gasteiger partial charge in [-0.1, -0.05) is 12.1 Å². The maximum atomic E-state index is 15.5. The van der Waals surface area contributed by atoms with Crippen LogP contribution >= 0.6 is 0 Å². The first kappa shape index (κ1) is 28.2. The summed E-state index contributed by atoms with van der Waals surface area (Å²) in [5.41, 5.74) is 2.19. The Kier molecular flexibility index (Phi) is 6.74. The molecule has 2 N–H and O–H groups in total. The number of benzene rings is 1. The number of likely N-dealkylation sites (tertiary alicyclic amines) is 1. The highest BCUT2D eigenvalue weighted by atomic mass is 19.1. The van der Waals surface area contributed by atoms with Gasteiger partial charge in [0.15, 0.2) is 11.5 Å². The van der Waals surface area contributed by atoms with Crippen LogP contribution in [0.5, 0.6) is 0 Å². The van der Waals surface area contributed by atoms with E-state index in [1.807, 2.05) is 18.2 Å². The fourth-order valence-electron chi connectivity index (χ4n) is 7.78. The van der Waals surface area contributed by atoms with E-state index in [-0.39, 0.29) is 29.3 Å². The fourth-order valence-corrected chi connectivity index (χ4v) is 7.78. The minimum atomic E-state index is -1.80. The average molecular weight is 626 g/mol. The quantitative estimate of drug-likeness (QED) is 0.285. The summed E-state index contributed by atoms with van der Waals surface area (Å²) in [5.74, 6) is 0.256. The number of hydrogen-bond donors (Lipinski definition) is 2. The second kappa shape index (κ2) is 11.0. The van der Waals surface area contributed by atoms with Crippen LogP contribution in [0.25, 0.3) is 16.9 Å². The Morgan fingerprint density at radius 2 is 1.85 bits per heavy atom. The van der Waals surface area contributed by atoms with Crippen molar-refractivity contribution in [3.8, 4) is 5.82 Å². The van der Waals surface area contributed by atoms with Crippen LogP contribution < -0.4 is 15.8 Å². The van der Waals surface area contributed by atoms with Crippen LogP contribution in [-0.2, 0) is 13.0 Å². The molecule has 2 aliphatic carbocycles. The first-order valence-electron chi connectivity index (χ1n) is 16.9. The molecular weight excluding hydrogens is 583 g/mol. The smallest absolute Gasteiger partial charge is 0.278 e. The molecular formula is C35H41FN8O2. The van der Waals surface area contributed by atoms with Gasteiger partial charge in [-0.15, -0.1) is 6.58 Å². The van der Waals surface area contributed by atoms with Gasteiger partial charge in [-0.05, 0) is 107 Å². The van der Waals surface area contributed by atoms with E-state index in [4.69, 9.17) is 11.3 Å². The number of pyridine rings is 1. The molecule has 0 radical (unpaired) electrons. The maximum Gasteiger partial charge on any atom is 0.278 e. The number of allylic oxidation sites excluding steroid dienone is 1. The van der Waals surface area contributed by atoms with Gasteiger partial charge in [0.05, 0.1) is 19.3 Å². The lowest BCUT2D eigenvalue weighted by Crippen LogP contribution is -2.46. The Morgan fingerprint density at radius 3 is 2.57 bits per heavy atom. The largest absolute Gasteiger partial charge is 0.386 e. The number of nitrogens with zero attached hydrogens (tertiary/aromatic N) is 7. The van der Waals surface area contributed by atoms with Gasteiger partial charge in [0.1, 0.15) is 17.3 Å². The molecule has 0 unspecified atom stereocenters. The fraction of sp³-hybridized carbons (Fsp3) is 0.486. The Labute approximate surface area is 269 Å². The number of nitrogens with one attached hydrogen (secondary N) is 1. The standard InChI is InChI=1S/C35H41FN8O2/c1-3-16-43-32(46)25-22-37-33(40-31(25)44(43)28-7-4-23-8-9-35(10-11-35)30(45)29(23)39-28)38-24-5-6-27(26(36)21-24)42-19-14-34(15-20-42)12-17-41(2)18-13-34/h3-7,21-22,30,45H,1,8-20H2,2H3,(H,37,38,40)/t30-/m1/s1/i30D. The highest BCUT2D eigenvalue weighted by Crippen LogP contribution is 2.60. The van der Waals surface area contributed by atoms with Crippen molar-refractivity contribution in [3.05, 3.63) is 76.6 Å². The summed E-state index contributed by atoms with van der Waals surface area (Å²) in [7, 11) is 2.18. The molecule has 8 rings (SSSR count). The van der Waals surface area contributed by atoms with Crippen molar-refractivity contribution in [1.29, 1.82) is 0 Å². The van der Waals surface area contributed by atoms with E-state index in [0.717, 1.165) is 70.3 Å². The van der Waals surface area contributed by atoms with E-state index in [1.54, 1.807) is 16.8 Å². The summed E-state index contributed by atoms with van der Waals surface area (Å²) in [4.78, 5) is 31.9. The van der Waals surface area contributed by atoms with Crippen molar-refractivity contribution in [1.82, 2.24) is 29.2 Å². The van der Waals surface area contributed by atoms with Crippen LogP contribution in [0.1, 0.15) is 63.7 Å². The van der Waals surface area contributed by atoms with Gasteiger partial charge in [-0.25, -0.2) is 23.7 Å². The number of halogens is 1. The van der Waals surface area contributed by atoms with Crippen molar-refractivity contribution in [2.24, 2.45) is 10.8 Å². The first-order valence-corrected chi connectivity index (χ1v) is 16.4. The van der Waals surface area contributed by atoms with E-state index in [9.17, 15) is 9.90 Å². The van der Waals surface area contributed by atoms with E-state index >= 15 is 4.39 Å². The minimum absolute atomic E-state index is 0.188. The number of aromatic nitrogens is 5. The summed E-state index contributed by atoms with van der Waals surface area (Å²) in [6.07, 6.45) is 8.97. The van der Waals surface area contributed by atoms with Crippen molar-refractivity contribution in [2.75, 3.05) is 43.4 Å². The third-order valence-corrected chi connectivity index (χ3v) is 11.0. The number of aliphatic hydroxyl groups is 1. The van der Waals surface area contributed by atoms with Crippen LogP contribution in [0.4, 0.5) is 21.7 Å². The van der Waals surface area contributed by atoms with Crippen LogP contribution in [0.15, 0.2) is 54.0 Å². The van der Waals surface area contributed by atoms with Gasteiger partial charge in [0, 0.05) is 30.4 Å². The summed E-state index contributed by atoms with van der Waals surface area (Å²) in [6.45, 7) is 7.97. The molecule has 4 aromatic rings. The molecule has 3 aromatic heterocycles. The highest BCUT2D eigenvalue weighted by Gasteiger charge is 2.52. The van der Waals surface area contributed by atoms with Crippen molar-refractivity contribution >= 4 is 28.4 Å². The minimum Gasteiger partial charge on any atom is -0.386 e. The maximum absolute atomic E-state index is 15.5. The predicted octanol–water partition coefficient (Wildman–Crippen LogP) is 5.12. The molecule has 46 heavy (non-hydrogen) atoms. The summed E-state index contributed by atoms with van der Waals surface area (Å²) < 4.78 is 27.5. The molecule has 240 valence electrons. The van der Waals surface area contributed by atoms with Crippen LogP contribution in [-0.4, -0.2) is 67.5 Å². The van der Waals surface area contributed by atoms with E-state index in [1.165, 1.54) is 29.8 Å². The molecule has 5 heterocycles. The normalized spacial score (nSPS) is 23.8. The van der Waals surface area contributed by atoms with Gasteiger partial charge in [-0.2, -0.15) is 4.98 Å². The van der Waals surface area contributed by atoms with E-state index in [2.05, 4.69) is 33.7 Å². The second-order valence-corrected chi connectivity index (χ2v) is 13.8. The van der Waals surface area contributed by atoms with E-state index < -0.39 is 11.5 Å². The zero-order valence-corrected chi connectivity index (χ0v) is 26.3. The molecule has 2 saturated heterocycles. The molecule has 10 nitrogen and oxygen atoms in total. The van der Waals surface area contributed by atoms with Crippen molar-refractivity contribution in [2.45, 2.75) is 64.0 Å². The Balaban J connectivity index is 1.08. The number of piperidine rings is 2. The number of hydrogen-bond acceptors (Lipinski definition) is 8. The molecule has 1 atom stereocenters. The van der Waals surface area contributed by atoms with Crippen LogP contribution in [0.2, 0.25) is 0 Å². The third-order valence-electron chi connectivity index (χ3n) is 11.0. The summed E-state index contributed by atoms with van der Waals surface area (Å²) >= 11 is 0. The van der Waals surface area contributed by atoms with Gasteiger partial charge in [0.25, 0.3) is 5.56 Å². The SMILES string of the molecule is [2H][C@@]1(O)c2nc(-n3c4nc(Nc5ccc(N6CCC7(CCN(C)CC7)CC6)c(F)c5)ncc4c(=O)n3CC=C)ccc2CCC12CC2. The molecule has 4 aliphatic rings. The first-order chi connectivity index (χ1) is 22.6. The number of rotatable bonds is 6. The number of fused-ring (bicyclic) bond motifs is 2. The lowest BCUT2D eigenvalue weighted by atomic mass is 9.71. The topological polar surface area (TPSA) is 104 Å². The van der Waals surface area contributed by atoms with Gasteiger partial charge >= 0.3 is 0 Å². The summed E-state index contributed by atoms with van der Waals surface area (Å²) in [5, 5.41) is 14.7. The molecule has 1 saturated carbocycles. The highest BCUT2D eigenvalue weighted by molar-refractivity contribution is 5.77. The Bertz CT molecular complexity index is 1930. The molecule has 11 heteroatoms. The number of anilines is 3. The molecule has 2 spiro atoms. The van der Waals surface area contributed by atoms with Crippen LogP contribution in [0.3, 0.4) is 0 Å². The lowest BCUT2D eigenvalue weighted by molar-refractivity contribution is 0.0734. The third kappa shape index (κ3) is 4.91. The average Bonchev–Trinajstić information content (AvgIpc) is 3.82. The van der Waals surface area contributed by atoms with Crippen molar-refractivity contribution < 1.29 is 10.9 Å². The van der Waals surface area contributed by atoms with Gasteiger partial charge in [-0.3, -0.25) is 4.79 Å². The van der Waals surface area contributed by atoms with Crippen LogP contribution in [0, 0.1) is 16.6 Å². The molecule has 0 bridgehead atoms. The number of aryl methyl sites for hydroxylation is 1. The van der Waals surface area contributed by atoms with E-state index in [0.29, 0.717) is 33.9 Å². The zero-order valence-electron chi connectivity index (χ0n) is 27.3. The Hall–Kier alpha value is -4.09. The molecule has 2 aliphatic heterocycles. The van der Waals surface area contributed by atoms with Crippen molar-refractivity contribution in [3.63, 3.8) is 0 Å².